The van der Waals surface area contributed by atoms with Gasteiger partial charge >= 0.3 is 0 Å². The molecule has 0 bridgehead atoms. The minimum Gasteiger partial charge on any atom is -0.378 e. The smallest absolute Gasteiger partial charge is 0.243 e. The number of hydrazone groups is 1. The number of carbonyl (C=O) groups is 1. The van der Waals surface area contributed by atoms with Gasteiger partial charge < -0.3 is 9.80 Å². The normalized spacial score (nSPS) is 19.5. The first-order valence-electron chi connectivity index (χ1n) is 9.69. The maximum atomic E-state index is 12.4. The lowest BCUT2D eigenvalue weighted by molar-refractivity contribution is -0.919. The minimum atomic E-state index is 0.0201. The highest BCUT2D eigenvalue weighted by molar-refractivity contribution is 6.30. The van der Waals surface area contributed by atoms with Crippen molar-refractivity contribution in [2.24, 2.45) is 11.0 Å². The number of nitrogens with one attached hydrogen (secondary N) is 2. The Labute approximate surface area is 172 Å². The highest BCUT2D eigenvalue weighted by Gasteiger charge is 2.27. The molecule has 5 nitrogen and oxygen atoms in total. The molecule has 0 spiro atoms. The van der Waals surface area contributed by atoms with Crippen LogP contribution in [0.4, 0.5) is 5.69 Å². The largest absolute Gasteiger partial charge is 0.378 e. The maximum absolute atomic E-state index is 12.4. The zero-order chi connectivity index (χ0) is 19.9. The summed E-state index contributed by atoms with van der Waals surface area (Å²) in [7, 11) is 4.01. The molecule has 1 aliphatic heterocycles. The standard InChI is InChI=1S/C22H27ClN4O/c1-26(2)21-9-5-17(6-10-21)15-24-25-22(28)19-11-13-27(14-12-19)16-18-3-7-20(23)8-4-18/h3-10,15,19H,11-14,16H2,1-2H3,(H,25,28)/p+1/b24-15-. The molecule has 1 heterocycles. The molecule has 0 aromatic heterocycles. The van der Waals surface area contributed by atoms with E-state index in [1.54, 1.807) is 6.21 Å². The fourth-order valence-electron chi connectivity index (χ4n) is 3.48. The third-order valence-corrected chi connectivity index (χ3v) is 5.48. The molecule has 148 valence electrons. The Balaban J connectivity index is 1.42. The van der Waals surface area contributed by atoms with Gasteiger partial charge in [-0.2, -0.15) is 5.10 Å². The number of anilines is 1. The van der Waals surface area contributed by atoms with Crippen LogP contribution in [0.3, 0.4) is 0 Å². The molecule has 0 saturated carbocycles. The van der Waals surface area contributed by atoms with Crippen LogP contribution in [0.15, 0.2) is 53.6 Å². The first kappa shape index (κ1) is 20.4. The van der Waals surface area contributed by atoms with Gasteiger partial charge in [0, 0.05) is 43.2 Å². The van der Waals surface area contributed by atoms with Gasteiger partial charge in [0.25, 0.3) is 0 Å². The van der Waals surface area contributed by atoms with Gasteiger partial charge in [0.1, 0.15) is 6.54 Å². The van der Waals surface area contributed by atoms with Crippen LogP contribution in [0.2, 0.25) is 5.02 Å². The number of halogens is 1. The van der Waals surface area contributed by atoms with Crippen LogP contribution >= 0.6 is 11.6 Å². The number of amides is 1. The number of quaternary nitrogens is 1. The number of hydrogen-bond acceptors (Lipinski definition) is 3. The topological polar surface area (TPSA) is 49.1 Å². The Kier molecular flexibility index (Phi) is 7.06. The Morgan fingerprint density at radius 1 is 1.14 bits per heavy atom. The Morgan fingerprint density at radius 3 is 2.39 bits per heavy atom. The zero-order valence-electron chi connectivity index (χ0n) is 16.5. The van der Waals surface area contributed by atoms with Crippen molar-refractivity contribution in [1.82, 2.24) is 5.43 Å². The number of piperidine rings is 1. The van der Waals surface area contributed by atoms with Crippen LogP contribution in [0.1, 0.15) is 24.0 Å². The third kappa shape index (κ3) is 5.81. The van der Waals surface area contributed by atoms with Crippen LogP contribution in [0.25, 0.3) is 0 Å². The summed E-state index contributed by atoms with van der Waals surface area (Å²) in [5.41, 5.74) is 6.09. The molecular weight excluding hydrogens is 372 g/mol. The van der Waals surface area contributed by atoms with E-state index in [1.165, 1.54) is 10.5 Å². The maximum Gasteiger partial charge on any atom is 0.243 e. The highest BCUT2D eigenvalue weighted by atomic mass is 35.5. The first-order valence-corrected chi connectivity index (χ1v) is 10.1. The Bertz CT molecular complexity index is 794. The van der Waals surface area contributed by atoms with Gasteiger partial charge in [-0.25, -0.2) is 5.43 Å². The van der Waals surface area contributed by atoms with Gasteiger partial charge in [-0.05, 0) is 29.8 Å². The molecule has 1 aliphatic rings. The molecule has 2 N–H and O–H groups in total. The summed E-state index contributed by atoms with van der Waals surface area (Å²) in [4.78, 5) is 15.9. The summed E-state index contributed by atoms with van der Waals surface area (Å²) in [6, 6.07) is 16.1. The van der Waals surface area contributed by atoms with Crippen molar-refractivity contribution in [3.63, 3.8) is 0 Å². The second-order valence-electron chi connectivity index (χ2n) is 7.55. The van der Waals surface area contributed by atoms with E-state index < -0.39 is 0 Å². The molecule has 28 heavy (non-hydrogen) atoms. The lowest BCUT2D eigenvalue weighted by atomic mass is 9.96. The predicted octanol–water partition coefficient (Wildman–Crippen LogP) is 2.35. The first-order chi connectivity index (χ1) is 13.5. The van der Waals surface area contributed by atoms with Crippen LogP contribution in [-0.2, 0) is 11.3 Å². The lowest BCUT2D eigenvalue weighted by Gasteiger charge is -2.28. The molecule has 1 saturated heterocycles. The van der Waals surface area contributed by atoms with Gasteiger partial charge in [-0.3, -0.25) is 4.79 Å². The van der Waals surface area contributed by atoms with Gasteiger partial charge in [0.05, 0.1) is 25.2 Å². The molecule has 0 aliphatic carbocycles. The zero-order valence-corrected chi connectivity index (χ0v) is 17.2. The van der Waals surface area contributed by atoms with E-state index in [2.05, 4.69) is 22.7 Å². The van der Waals surface area contributed by atoms with Gasteiger partial charge in [-0.15, -0.1) is 0 Å². The molecule has 2 aromatic rings. The van der Waals surface area contributed by atoms with Crippen molar-refractivity contribution in [1.29, 1.82) is 0 Å². The van der Waals surface area contributed by atoms with Crippen molar-refractivity contribution < 1.29 is 9.69 Å². The van der Waals surface area contributed by atoms with Crippen molar-refractivity contribution >= 4 is 29.4 Å². The number of rotatable bonds is 6. The summed E-state index contributed by atoms with van der Waals surface area (Å²) in [5, 5.41) is 4.90. The van der Waals surface area contributed by atoms with Crippen molar-refractivity contribution in [3.05, 3.63) is 64.7 Å². The molecule has 1 amide bonds. The Morgan fingerprint density at radius 2 is 1.79 bits per heavy atom. The summed E-state index contributed by atoms with van der Waals surface area (Å²) in [5.74, 6) is 0.0638. The van der Waals surface area contributed by atoms with Gasteiger partial charge in [0.15, 0.2) is 0 Å². The SMILES string of the molecule is CN(C)c1ccc(/C=N\NC(=O)C2CC[NH+](Cc3ccc(Cl)cc3)CC2)cc1. The average molecular weight is 400 g/mol. The molecule has 0 radical (unpaired) electrons. The highest BCUT2D eigenvalue weighted by Crippen LogP contribution is 2.13. The minimum absolute atomic E-state index is 0.0201. The van der Waals surface area contributed by atoms with E-state index in [4.69, 9.17) is 11.6 Å². The monoisotopic (exact) mass is 399 g/mol. The lowest BCUT2D eigenvalue weighted by Crippen LogP contribution is -3.11. The molecule has 0 atom stereocenters. The predicted molar refractivity (Wildman–Crippen MR) is 115 cm³/mol. The fraction of sp³-hybridized carbons (Fsp3) is 0.364. The van der Waals surface area contributed by atoms with Gasteiger partial charge in [-0.1, -0.05) is 35.9 Å². The average Bonchev–Trinajstić information content (AvgIpc) is 2.70. The number of nitrogens with zero attached hydrogens (tertiary/aromatic N) is 2. The van der Waals surface area contributed by atoms with Crippen molar-refractivity contribution in [2.45, 2.75) is 19.4 Å². The van der Waals surface area contributed by atoms with Crippen LogP contribution in [0.5, 0.6) is 0 Å². The number of likely N-dealkylation sites (tertiary alicyclic amines) is 1. The molecule has 1 fully saturated rings. The summed E-state index contributed by atoms with van der Waals surface area (Å²) < 4.78 is 0. The second-order valence-corrected chi connectivity index (χ2v) is 7.98. The fourth-order valence-corrected chi connectivity index (χ4v) is 3.60. The third-order valence-electron chi connectivity index (χ3n) is 5.23. The van der Waals surface area contributed by atoms with E-state index >= 15 is 0 Å². The quantitative estimate of drug-likeness (QED) is 0.578. The molecule has 6 heteroatoms. The summed E-state index contributed by atoms with van der Waals surface area (Å²) in [6.45, 7) is 2.97. The summed E-state index contributed by atoms with van der Waals surface area (Å²) >= 11 is 5.94. The number of hydrogen-bond donors (Lipinski definition) is 2. The van der Waals surface area contributed by atoms with E-state index in [1.807, 2.05) is 55.4 Å². The number of carbonyl (C=O) groups excluding carboxylic acids is 1. The van der Waals surface area contributed by atoms with Crippen LogP contribution < -0.4 is 15.2 Å². The van der Waals surface area contributed by atoms with E-state index in [0.717, 1.165) is 48.7 Å². The van der Waals surface area contributed by atoms with E-state index in [9.17, 15) is 4.79 Å². The Hall–Kier alpha value is -2.37. The molecule has 2 aromatic carbocycles. The van der Waals surface area contributed by atoms with Crippen molar-refractivity contribution in [3.8, 4) is 0 Å². The molecular formula is C22H28ClN4O+. The van der Waals surface area contributed by atoms with Crippen molar-refractivity contribution in [2.75, 3.05) is 32.1 Å². The summed E-state index contributed by atoms with van der Waals surface area (Å²) in [6.07, 6.45) is 3.47. The van der Waals surface area contributed by atoms with Crippen LogP contribution in [-0.4, -0.2) is 39.3 Å². The molecule has 0 unspecified atom stereocenters. The molecule has 3 rings (SSSR count). The van der Waals surface area contributed by atoms with Gasteiger partial charge in [0.2, 0.25) is 5.91 Å². The second kappa shape index (κ2) is 9.71. The van der Waals surface area contributed by atoms with E-state index in [0.29, 0.717) is 0 Å². The van der Waals surface area contributed by atoms with E-state index in [-0.39, 0.29) is 11.8 Å². The number of benzene rings is 2. The van der Waals surface area contributed by atoms with Crippen LogP contribution in [0, 0.1) is 5.92 Å².